The minimum absolute atomic E-state index is 0.150. The smallest absolute Gasteiger partial charge is 0.221 e. The van der Waals surface area contributed by atoms with Crippen LogP contribution >= 0.6 is 0 Å². The van der Waals surface area contributed by atoms with E-state index in [2.05, 4.69) is 5.32 Å². The molecule has 1 atom stereocenters. The molecule has 0 radical (unpaired) electrons. The van der Waals surface area contributed by atoms with Crippen molar-refractivity contribution in [3.8, 4) is 11.5 Å². The molecule has 0 aliphatic carbocycles. The molecule has 7 heteroatoms. The van der Waals surface area contributed by atoms with Gasteiger partial charge in [0.15, 0.2) is 16.9 Å². The molecule has 0 fully saturated rings. The number of hydrogen-bond acceptors (Lipinski definition) is 4. The molecular weight excluding hydrogens is 318 g/mol. The summed E-state index contributed by atoms with van der Waals surface area (Å²) >= 11 is -2.15. The van der Waals surface area contributed by atoms with Crippen LogP contribution in [0, 0.1) is 0 Å². The van der Waals surface area contributed by atoms with Crippen molar-refractivity contribution < 1.29 is 23.1 Å². The van der Waals surface area contributed by atoms with Crippen LogP contribution in [0.15, 0.2) is 48.5 Å². The maximum Gasteiger partial charge on any atom is 0.221 e. The Morgan fingerprint density at radius 3 is 2.04 bits per heavy atom. The molecule has 0 saturated carbocycles. The third kappa shape index (κ3) is 5.32. The Morgan fingerprint density at radius 1 is 1.04 bits per heavy atom. The minimum atomic E-state index is -2.15. The normalized spacial score (nSPS) is 11.6. The number of carbonyl (C=O) groups is 2. The molecule has 1 unspecified atom stereocenters. The number of ether oxygens (including phenoxy) is 1. The summed E-state index contributed by atoms with van der Waals surface area (Å²) in [6, 6.07) is 13.1. The van der Waals surface area contributed by atoms with E-state index < -0.39 is 22.6 Å². The van der Waals surface area contributed by atoms with E-state index in [1.807, 2.05) is 0 Å². The molecule has 2 aromatic carbocycles. The van der Waals surface area contributed by atoms with E-state index in [4.69, 9.17) is 9.29 Å². The molecular formula is C16H15NO5S. The van der Waals surface area contributed by atoms with E-state index in [9.17, 15) is 13.8 Å². The number of ketones is 1. The summed E-state index contributed by atoms with van der Waals surface area (Å²) in [6.07, 6.45) is 0. The number of anilines is 1. The number of carbonyl (C=O) groups excluding carboxylic acids is 2. The molecule has 0 spiro atoms. The van der Waals surface area contributed by atoms with Crippen molar-refractivity contribution >= 4 is 28.5 Å². The second-order valence-corrected chi connectivity index (χ2v) is 5.65. The minimum Gasteiger partial charge on any atom is -0.457 e. The summed E-state index contributed by atoms with van der Waals surface area (Å²) in [5, 5.41) is 2.65. The standard InChI is InChI=1S/C16H15NO5S/c1-11(18)17-13-4-8-15(9-5-13)22-14-6-2-12(3-7-14)16(19)10-23(20)21/h2-9H,10H2,1H3,(H,17,18)(H,20,21). The lowest BCUT2D eigenvalue weighted by Gasteiger charge is -2.08. The van der Waals surface area contributed by atoms with Gasteiger partial charge in [-0.15, -0.1) is 0 Å². The Labute approximate surface area is 135 Å². The first-order valence-electron chi connectivity index (χ1n) is 6.70. The maximum absolute atomic E-state index is 11.6. The first kappa shape index (κ1) is 16.9. The van der Waals surface area contributed by atoms with Crippen molar-refractivity contribution in [1.29, 1.82) is 0 Å². The number of hydrogen-bond donors (Lipinski definition) is 2. The summed E-state index contributed by atoms with van der Waals surface area (Å²) in [5.41, 5.74) is 1.02. The second kappa shape index (κ2) is 7.66. The van der Waals surface area contributed by atoms with Gasteiger partial charge in [-0.1, -0.05) is 0 Å². The highest BCUT2D eigenvalue weighted by atomic mass is 32.2. The number of rotatable bonds is 6. The molecule has 2 N–H and O–H groups in total. The van der Waals surface area contributed by atoms with Gasteiger partial charge in [-0.2, -0.15) is 0 Å². The highest BCUT2D eigenvalue weighted by Gasteiger charge is 2.09. The Hall–Kier alpha value is -2.51. The van der Waals surface area contributed by atoms with Gasteiger partial charge in [0, 0.05) is 18.2 Å². The van der Waals surface area contributed by atoms with E-state index in [-0.39, 0.29) is 5.91 Å². The van der Waals surface area contributed by atoms with Gasteiger partial charge in [0.1, 0.15) is 17.3 Å². The van der Waals surface area contributed by atoms with Crippen molar-refractivity contribution in [3.63, 3.8) is 0 Å². The molecule has 0 heterocycles. The van der Waals surface area contributed by atoms with Crippen LogP contribution in [0.2, 0.25) is 0 Å². The van der Waals surface area contributed by atoms with E-state index in [0.717, 1.165) is 0 Å². The van der Waals surface area contributed by atoms with Gasteiger partial charge in [0.2, 0.25) is 5.91 Å². The molecule has 0 saturated heterocycles. The van der Waals surface area contributed by atoms with Crippen molar-refractivity contribution in [1.82, 2.24) is 0 Å². The lowest BCUT2D eigenvalue weighted by molar-refractivity contribution is -0.114. The number of amides is 1. The van der Waals surface area contributed by atoms with Crippen molar-refractivity contribution in [3.05, 3.63) is 54.1 Å². The average Bonchev–Trinajstić information content (AvgIpc) is 2.49. The fraction of sp³-hybridized carbons (Fsp3) is 0.125. The SMILES string of the molecule is CC(=O)Nc1ccc(Oc2ccc(C(=O)CS(=O)O)cc2)cc1. The van der Waals surface area contributed by atoms with Gasteiger partial charge in [0.05, 0.1) is 0 Å². The zero-order chi connectivity index (χ0) is 16.8. The van der Waals surface area contributed by atoms with Gasteiger partial charge in [-0.3, -0.25) is 9.59 Å². The maximum atomic E-state index is 11.6. The number of Topliss-reactive ketones (excluding diaryl/α,β-unsaturated/α-hetero) is 1. The lowest BCUT2D eigenvalue weighted by Crippen LogP contribution is -2.09. The first-order chi connectivity index (χ1) is 10.9. The fourth-order valence-corrected chi connectivity index (χ4v) is 2.24. The molecule has 0 aliphatic rings. The predicted octanol–water partition coefficient (Wildman–Crippen LogP) is 2.84. The van der Waals surface area contributed by atoms with Crippen LogP contribution in [0.1, 0.15) is 17.3 Å². The molecule has 2 rings (SSSR count). The molecule has 120 valence electrons. The van der Waals surface area contributed by atoms with Crippen LogP contribution in [0.25, 0.3) is 0 Å². The summed E-state index contributed by atoms with van der Waals surface area (Å²) in [4.78, 5) is 22.6. The third-order valence-electron chi connectivity index (χ3n) is 2.84. The number of benzene rings is 2. The quantitative estimate of drug-likeness (QED) is 0.626. The van der Waals surface area contributed by atoms with Crippen molar-refractivity contribution in [2.45, 2.75) is 6.92 Å². The Bertz CT molecular complexity index is 725. The Morgan fingerprint density at radius 2 is 1.57 bits per heavy atom. The van der Waals surface area contributed by atoms with Crippen molar-refractivity contribution in [2.75, 3.05) is 11.1 Å². The summed E-state index contributed by atoms with van der Waals surface area (Å²) < 4.78 is 25.0. The molecule has 0 bridgehead atoms. The van der Waals surface area contributed by atoms with Gasteiger partial charge in [-0.25, -0.2) is 4.21 Å². The summed E-state index contributed by atoms with van der Waals surface area (Å²) in [7, 11) is 0. The molecule has 6 nitrogen and oxygen atoms in total. The van der Waals surface area contributed by atoms with Crippen LogP contribution in [-0.4, -0.2) is 26.2 Å². The van der Waals surface area contributed by atoms with Crippen LogP contribution in [-0.2, 0) is 15.9 Å². The first-order valence-corrected chi connectivity index (χ1v) is 7.98. The van der Waals surface area contributed by atoms with E-state index in [1.54, 1.807) is 36.4 Å². The molecule has 0 aromatic heterocycles. The molecule has 2 aromatic rings. The zero-order valence-electron chi connectivity index (χ0n) is 12.3. The van der Waals surface area contributed by atoms with Crippen LogP contribution in [0.3, 0.4) is 0 Å². The average molecular weight is 333 g/mol. The lowest BCUT2D eigenvalue weighted by atomic mass is 10.1. The van der Waals surface area contributed by atoms with E-state index in [0.29, 0.717) is 22.7 Å². The second-order valence-electron chi connectivity index (χ2n) is 4.72. The Balaban J connectivity index is 2.01. The van der Waals surface area contributed by atoms with Gasteiger partial charge >= 0.3 is 0 Å². The monoisotopic (exact) mass is 333 g/mol. The Kier molecular flexibility index (Phi) is 5.61. The molecule has 1 amide bonds. The summed E-state index contributed by atoms with van der Waals surface area (Å²) in [5.74, 6) is 0.124. The zero-order valence-corrected chi connectivity index (χ0v) is 13.1. The third-order valence-corrected chi connectivity index (χ3v) is 3.35. The van der Waals surface area contributed by atoms with Gasteiger partial charge in [0.25, 0.3) is 0 Å². The largest absolute Gasteiger partial charge is 0.457 e. The van der Waals surface area contributed by atoms with Gasteiger partial charge < -0.3 is 14.6 Å². The highest BCUT2D eigenvalue weighted by Crippen LogP contribution is 2.23. The summed E-state index contributed by atoms with van der Waals surface area (Å²) in [6.45, 7) is 1.43. The van der Waals surface area contributed by atoms with Crippen molar-refractivity contribution in [2.24, 2.45) is 0 Å². The van der Waals surface area contributed by atoms with Crippen LogP contribution < -0.4 is 10.1 Å². The van der Waals surface area contributed by atoms with Crippen LogP contribution in [0.4, 0.5) is 5.69 Å². The predicted molar refractivity (Wildman–Crippen MR) is 87.2 cm³/mol. The topological polar surface area (TPSA) is 92.7 Å². The van der Waals surface area contributed by atoms with E-state index >= 15 is 0 Å². The number of nitrogens with one attached hydrogen (secondary N) is 1. The molecule has 23 heavy (non-hydrogen) atoms. The highest BCUT2D eigenvalue weighted by molar-refractivity contribution is 7.80. The van der Waals surface area contributed by atoms with E-state index in [1.165, 1.54) is 19.1 Å². The fourth-order valence-electron chi connectivity index (χ4n) is 1.85. The van der Waals surface area contributed by atoms with Gasteiger partial charge in [-0.05, 0) is 48.5 Å². The molecule has 0 aliphatic heterocycles. The van der Waals surface area contributed by atoms with Crippen LogP contribution in [0.5, 0.6) is 11.5 Å².